The Morgan fingerprint density at radius 1 is 0.885 bits per heavy atom. The van der Waals surface area contributed by atoms with Crippen molar-refractivity contribution in [3.8, 4) is 23.2 Å². The molecule has 3 nitrogen and oxygen atoms in total. The maximum atomic E-state index is 4.57. The number of aromatic nitrogens is 2. The first kappa shape index (κ1) is 17.7. The van der Waals surface area contributed by atoms with Gasteiger partial charge in [0.15, 0.2) is 5.82 Å². The van der Waals surface area contributed by atoms with Gasteiger partial charge < -0.3 is 0 Å². The normalized spacial score (nSPS) is 9.73. The molecule has 126 valence electrons. The maximum absolute atomic E-state index is 4.57. The molecule has 0 fully saturated rings. The van der Waals surface area contributed by atoms with Crippen LogP contribution in [0.4, 0.5) is 5.69 Å². The molecule has 0 amide bonds. The van der Waals surface area contributed by atoms with Crippen molar-refractivity contribution in [1.29, 1.82) is 0 Å². The summed E-state index contributed by atoms with van der Waals surface area (Å²) in [6.45, 7) is 2.18. The number of benzene rings is 2. The first-order valence-corrected chi connectivity index (χ1v) is 8.80. The molecule has 0 N–H and O–H groups in total. The molecule has 3 aromatic rings. The lowest BCUT2D eigenvalue weighted by molar-refractivity contribution is 0.922. The molecule has 0 bridgehead atoms. The van der Waals surface area contributed by atoms with Crippen LogP contribution in [-0.2, 0) is 6.42 Å². The highest BCUT2D eigenvalue weighted by Crippen LogP contribution is 2.17. The number of thiocarbonyl (C=S) groups is 1. The van der Waals surface area contributed by atoms with Crippen molar-refractivity contribution >= 4 is 23.1 Å². The van der Waals surface area contributed by atoms with Crippen molar-refractivity contribution in [2.75, 3.05) is 0 Å². The Morgan fingerprint density at radius 3 is 2.00 bits per heavy atom. The minimum atomic E-state index is 0.594. The Bertz CT molecular complexity index is 973. The third kappa shape index (κ3) is 4.70. The summed E-state index contributed by atoms with van der Waals surface area (Å²) >= 11 is 4.57. The van der Waals surface area contributed by atoms with E-state index in [4.69, 9.17) is 0 Å². The average molecular weight is 355 g/mol. The van der Waals surface area contributed by atoms with Crippen LogP contribution in [0.1, 0.15) is 30.0 Å². The molecule has 26 heavy (non-hydrogen) atoms. The predicted molar refractivity (Wildman–Crippen MR) is 109 cm³/mol. The Kier molecular flexibility index (Phi) is 6.01. The molecule has 2 aromatic carbocycles. The topological polar surface area (TPSA) is 38.1 Å². The number of hydrogen-bond donors (Lipinski definition) is 0. The van der Waals surface area contributed by atoms with E-state index in [1.54, 1.807) is 12.4 Å². The fraction of sp³-hybridized carbons (Fsp3) is 0.136. The van der Waals surface area contributed by atoms with E-state index in [2.05, 4.69) is 75.4 Å². The summed E-state index contributed by atoms with van der Waals surface area (Å²) < 4.78 is 0. The van der Waals surface area contributed by atoms with Gasteiger partial charge in [0.2, 0.25) is 0 Å². The highest BCUT2D eigenvalue weighted by atomic mass is 32.1. The van der Waals surface area contributed by atoms with Gasteiger partial charge in [-0.15, -0.1) is 0 Å². The zero-order valence-electron chi connectivity index (χ0n) is 14.4. The van der Waals surface area contributed by atoms with Crippen molar-refractivity contribution < 1.29 is 0 Å². The molecule has 0 aliphatic heterocycles. The standard InChI is InChI=1S/C22H17N3S/c1-2-3-17-4-6-18(7-5-17)8-9-19-10-12-20(13-11-19)22-23-14-21(15-24-22)25-16-26/h4-7,10-15H,2-3H2,1H3. The monoisotopic (exact) mass is 355 g/mol. The minimum Gasteiger partial charge on any atom is -0.234 e. The number of rotatable bonds is 4. The van der Waals surface area contributed by atoms with Crippen LogP contribution in [-0.4, -0.2) is 15.1 Å². The van der Waals surface area contributed by atoms with E-state index in [0.717, 1.165) is 29.5 Å². The van der Waals surface area contributed by atoms with Crippen LogP contribution < -0.4 is 0 Å². The summed E-state index contributed by atoms with van der Waals surface area (Å²) in [5, 5.41) is 2.30. The number of isothiocyanates is 1. The molecule has 0 aliphatic carbocycles. The van der Waals surface area contributed by atoms with Crippen LogP contribution in [0.5, 0.6) is 0 Å². The maximum Gasteiger partial charge on any atom is 0.159 e. The molecule has 1 aromatic heterocycles. The van der Waals surface area contributed by atoms with E-state index in [-0.39, 0.29) is 0 Å². The highest BCUT2D eigenvalue weighted by Gasteiger charge is 2.01. The number of aliphatic imine (C=N–C) groups is 1. The van der Waals surface area contributed by atoms with E-state index < -0.39 is 0 Å². The third-order valence-electron chi connectivity index (χ3n) is 3.80. The van der Waals surface area contributed by atoms with Crippen LogP contribution in [0, 0.1) is 11.8 Å². The molecule has 0 saturated carbocycles. The smallest absolute Gasteiger partial charge is 0.159 e. The summed E-state index contributed by atoms with van der Waals surface area (Å²) in [6, 6.07) is 16.3. The van der Waals surface area contributed by atoms with Gasteiger partial charge in [-0.2, -0.15) is 4.99 Å². The lowest BCUT2D eigenvalue weighted by atomic mass is 10.1. The second kappa shape index (κ2) is 8.82. The molecule has 0 spiro atoms. The van der Waals surface area contributed by atoms with Gasteiger partial charge in [0.25, 0.3) is 0 Å². The number of nitrogens with zero attached hydrogens (tertiary/aromatic N) is 3. The first-order chi connectivity index (χ1) is 12.8. The Labute approximate surface area is 158 Å². The van der Waals surface area contributed by atoms with Crippen LogP contribution >= 0.6 is 12.2 Å². The van der Waals surface area contributed by atoms with E-state index in [1.807, 2.05) is 24.3 Å². The lowest BCUT2D eigenvalue weighted by Gasteiger charge is -2.00. The highest BCUT2D eigenvalue weighted by molar-refractivity contribution is 7.78. The molecule has 0 aliphatic rings. The zero-order chi connectivity index (χ0) is 18.2. The second-order valence-electron chi connectivity index (χ2n) is 5.74. The van der Waals surface area contributed by atoms with E-state index in [9.17, 15) is 0 Å². The van der Waals surface area contributed by atoms with Crippen molar-refractivity contribution in [1.82, 2.24) is 9.97 Å². The first-order valence-electron chi connectivity index (χ1n) is 8.40. The second-order valence-corrected chi connectivity index (χ2v) is 5.92. The largest absolute Gasteiger partial charge is 0.234 e. The van der Waals surface area contributed by atoms with Crippen LogP contribution in [0.3, 0.4) is 0 Å². The molecular formula is C22H17N3S. The van der Waals surface area contributed by atoms with Crippen molar-refractivity contribution in [2.24, 2.45) is 4.99 Å². The lowest BCUT2D eigenvalue weighted by Crippen LogP contribution is -1.87. The molecule has 3 rings (SSSR count). The summed E-state index contributed by atoms with van der Waals surface area (Å²) in [5.74, 6) is 7.03. The van der Waals surface area contributed by atoms with Crippen LogP contribution in [0.2, 0.25) is 0 Å². The number of hydrogen-bond acceptors (Lipinski definition) is 4. The van der Waals surface area contributed by atoms with Gasteiger partial charge in [-0.25, -0.2) is 9.97 Å². The van der Waals surface area contributed by atoms with Gasteiger partial charge in [-0.3, -0.25) is 0 Å². The van der Waals surface area contributed by atoms with E-state index >= 15 is 0 Å². The van der Waals surface area contributed by atoms with Crippen molar-refractivity contribution in [3.63, 3.8) is 0 Å². The fourth-order valence-corrected chi connectivity index (χ4v) is 2.58. The quantitative estimate of drug-likeness (QED) is 0.365. The molecular weight excluding hydrogens is 338 g/mol. The van der Waals surface area contributed by atoms with E-state index in [1.165, 1.54) is 5.56 Å². The van der Waals surface area contributed by atoms with Crippen LogP contribution in [0.15, 0.2) is 65.9 Å². The van der Waals surface area contributed by atoms with E-state index in [0.29, 0.717) is 11.5 Å². The fourth-order valence-electron chi connectivity index (χ4n) is 2.47. The molecule has 0 radical (unpaired) electrons. The third-order valence-corrected chi connectivity index (χ3v) is 3.89. The number of aryl methyl sites for hydroxylation is 1. The molecule has 1 heterocycles. The van der Waals surface area contributed by atoms with Gasteiger partial charge in [-0.1, -0.05) is 37.3 Å². The van der Waals surface area contributed by atoms with Gasteiger partial charge >= 0.3 is 0 Å². The predicted octanol–water partition coefficient (Wildman–Crippen LogP) is 5.23. The van der Waals surface area contributed by atoms with Gasteiger partial charge in [0.1, 0.15) is 5.69 Å². The molecule has 0 saturated heterocycles. The Hall–Kier alpha value is -3.12. The summed E-state index contributed by atoms with van der Waals surface area (Å²) in [6.07, 6.45) is 5.51. The SMILES string of the molecule is CCCc1ccc(C#Cc2ccc(-c3ncc(N=C=S)cn3)cc2)cc1. The van der Waals surface area contributed by atoms with Crippen molar-refractivity contribution in [2.45, 2.75) is 19.8 Å². The molecule has 0 atom stereocenters. The van der Waals surface area contributed by atoms with Crippen molar-refractivity contribution in [3.05, 3.63) is 77.6 Å². The molecule has 4 heteroatoms. The summed E-state index contributed by atoms with van der Waals surface area (Å²) in [4.78, 5) is 12.4. The Morgan fingerprint density at radius 2 is 1.46 bits per heavy atom. The van der Waals surface area contributed by atoms with Gasteiger partial charge in [-0.05, 0) is 60.6 Å². The minimum absolute atomic E-state index is 0.594. The zero-order valence-corrected chi connectivity index (χ0v) is 15.3. The Balaban J connectivity index is 1.72. The van der Waals surface area contributed by atoms with Gasteiger partial charge in [0.05, 0.1) is 17.6 Å². The average Bonchev–Trinajstić information content (AvgIpc) is 2.69. The van der Waals surface area contributed by atoms with Gasteiger partial charge in [0, 0.05) is 16.7 Å². The van der Waals surface area contributed by atoms with Crippen LogP contribution in [0.25, 0.3) is 11.4 Å². The summed E-state index contributed by atoms with van der Waals surface area (Å²) in [5.41, 5.74) is 4.85. The summed E-state index contributed by atoms with van der Waals surface area (Å²) in [7, 11) is 0. The molecule has 0 unspecified atom stereocenters.